The number of alkyl halides is 3. The van der Waals surface area contributed by atoms with Crippen LogP contribution in [-0.4, -0.2) is 31.0 Å². The van der Waals surface area contributed by atoms with Crippen molar-refractivity contribution < 1.29 is 18.0 Å². The maximum atomic E-state index is 12.4. The third kappa shape index (κ3) is 3.62. The van der Waals surface area contributed by atoms with E-state index in [-0.39, 0.29) is 11.1 Å². The van der Waals surface area contributed by atoms with E-state index in [9.17, 15) is 18.0 Å². The second-order valence-corrected chi connectivity index (χ2v) is 3.70. The molecule has 1 aromatic carbocycles. The van der Waals surface area contributed by atoms with Crippen molar-refractivity contribution in [3.05, 3.63) is 42.1 Å². The topological polar surface area (TPSA) is 20.3 Å². The Bertz CT molecular complexity index is 421. The standard InChI is InChI=1S/C12H12F3NO/c1-16(2)8-10(11(17)12(13,14)15)9-6-4-3-5-7-9/h3-8H,1-2H3/b10-8+. The van der Waals surface area contributed by atoms with Crippen molar-refractivity contribution in [2.75, 3.05) is 14.1 Å². The molecule has 0 aliphatic heterocycles. The molecule has 0 aliphatic carbocycles. The van der Waals surface area contributed by atoms with Crippen LogP contribution in [0.1, 0.15) is 5.56 Å². The number of hydrogen-bond donors (Lipinski definition) is 0. The highest BCUT2D eigenvalue weighted by atomic mass is 19.4. The normalized spacial score (nSPS) is 12.4. The van der Waals surface area contributed by atoms with E-state index >= 15 is 0 Å². The number of hydrogen-bond acceptors (Lipinski definition) is 2. The fraction of sp³-hybridized carbons (Fsp3) is 0.250. The van der Waals surface area contributed by atoms with Crippen molar-refractivity contribution in [2.45, 2.75) is 6.18 Å². The van der Waals surface area contributed by atoms with Crippen LogP contribution < -0.4 is 0 Å². The van der Waals surface area contributed by atoms with Crippen molar-refractivity contribution in [1.82, 2.24) is 4.90 Å². The molecule has 0 bridgehead atoms. The summed E-state index contributed by atoms with van der Waals surface area (Å²) in [4.78, 5) is 12.7. The van der Waals surface area contributed by atoms with Gasteiger partial charge in [-0.15, -0.1) is 0 Å². The summed E-state index contributed by atoms with van der Waals surface area (Å²) in [6.45, 7) is 0. The highest BCUT2D eigenvalue weighted by Crippen LogP contribution is 2.26. The average Bonchev–Trinajstić information content (AvgIpc) is 2.24. The molecule has 5 heteroatoms. The van der Waals surface area contributed by atoms with Crippen LogP contribution in [0, 0.1) is 0 Å². The van der Waals surface area contributed by atoms with Crippen LogP contribution in [0.2, 0.25) is 0 Å². The highest BCUT2D eigenvalue weighted by Gasteiger charge is 2.41. The smallest absolute Gasteiger partial charge is 0.383 e. The fourth-order valence-corrected chi connectivity index (χ4v) is 1.29. The zero-order valence-corrected chi connectivity index (χ0v) is 9.45. The monoisotopic (exact) mass is 243 g/mol. The maximum Gasteiger partial charge on any atom is 0.454 e. The average molecular weight is 243 g/mol. The third-order valence-corrected chi connectivity index (χ3v) is 1.97. The molecular formula is C12H12F3NO. The van der Waals surface area contributed by atoms with E-state index < -0.39 is 12.0 Å². The number of benzene rings is 1. The number of ketones is 1. The van der Waals surface area contributed by atoms with E-state index in [1.165, 1.54) is 23.2 Å². The first-order valence-corrected chi connectivity index (χ1v) is 4.87. The number of Topliss-reactive ketones (excluding diaryl/α,β-unsaturated/α-hetero) is 1. The zero-order chi connectivity index (χ0) is 13.1. The van der Waals surface area contributed by atoms with Gasteiger partial charge in [-0.2, -0.15) is 13.2 Å². The second-order valence-electron chi connectivity index (χ2n) is 3.70. The molecule has 0 unspecified atom stereocenters. The number of allylic oxidation sites excluding steroid dienone is 1. The molecule has 0 aliphatic rings. The number of rotatable bonds is 3. The maximum absolute atomic E-state index is 12.4. The van der Waals surface area contributed by atoms with Crippen molar-refractivity contribution in [3.63, 3.8) is 0 Å². The van der Waals surface area contributed by atoms with Gasteiger partial charge in [-0.3, -0.25) is 4.79 Å². The molecule has 0 heterocycles. The van der Waals surface area contributed by atoms with Crippen molar-refractivity contribution in [3.8, 4) is 0 Å². The van der Waals surface area contributed by atoms with Crippen LogP contribution in [0.25, 0.3) is 5.57 Å². The summed E-state index contributed by atoms with van der Waals surface area (Å²) < 4.78 is 37.3. The van der Waals surface area contributed by atoms with Crippen LogP contribution in [0.5, 0.6) is 0 Å². The molecule has 0 atom stereocenters. The lowest BCUT2D eigenvalue weighted by molar-refractivity contribution is -0.164. The van der Waals surface area contributed by atoms with E-state index in [1.807, 2.05) is 0 Å². The number of carbonyl (C=O) groups excluding carboxylic acids is 1. The summed E-state index contributed by atoms with van der Waals surface area (Å²) in [7, 11) is 3.12. The van der Waals surface area contributed by atoms with Gasteiger partial charge in [-0.05, 0) is 5.56 Å². The van der Waals surface area contributed by atoms with Gasteiger partial charge >= 0.3 is 6.18 Å². The summed E-state index contributed by atoms with van der Waals surface area (Å²) in [5.41, 5.74) is -0.105. The molecule has 0 aromatic heterocycles. The Morgan fingerprint density at radius 3 is 2.12 bits per heavy atom. The van der Waals surface area contributed by atoms with E-state index in [2.05, 4.69) is 0 Å². The minimum absolute atomic E-state index is 0.253. The molecule has 0 saturated heterocycles. The van der Waals surface area contributed by atoms with Crippen molar-refractivity contribution in [1.29, 1.82) is 0 Å². The molecule has 0 saturated carbocycles. The van der Waals surface area contributed by atoms with Gasteiger partial charge < -0.3 is 4.90 Å². The van der Waals surface area contributed by atoms with E-state index in [4.69, 9.17) is 0 Å². The first kappa shape index (κ1) is 13.3. The van der Waals surface area contributed by atoms with Gasteiger partial charge in [-0.25, -0.2) is 0 Å². The fourth-order valence-electron chi connectivity index (χ4n) is 1.29. The summed E-state index contributed by atoms with van der Waals surface area (Å²) in [5, 5.41) is 0. The van der Waals surface area contributed by atoms with Gasteiger partial charge in [0.1, 0.15) is 0 Å². The van der Waals surface area contributed by atoms with E-state index in [0.717, 1.165) is 0 Å². The molecule has 0 spiro atoms. The molecule has 2 nitrogen and oxygen atoms in total. The predicted molar refractivity (Wildman–Crippen MR) is 59.2 cm³/mol. The lowest BCUT2D eigenvalue weighted by Crippen LogP contribution is -2.25. The van der Waals surface area contributed by atoms with Gasteiger partial charge in [-0.1, -0.05) is 30.3 Å². The van der Waals surface area contributed by atoms with Crippen LogP contribution in [0.4, 0.5) is 13.2 Å². The number of nitrogens with zero attached hydrogens (tertiary/aromatic N) is 1. The summed E-state index contributed by atoms with van der Waals surface area (Å²) >= 11 is 0. The Morgan fingerprint density at radius 2 is 1.71 bits per heavy atom. The van der Waals surface area contributed by atoms with Gasteiger partial charge in [0.25, 0.3) is 5.78 Å². The summed E-state index contributed by atoms with van der Waals surface area (Å²) in [6.07, 6.45) is -3.69. The minimum atomic E-state index is -4.86. The quantitative estimate of drug-likeness (QED) is 0.761. The molecule has 1 aromatic rings. The van der Waals surface area contributed by atoms with Crippen LogP contribution in [0.3, 0.4) is 0 Å². The van der Waals surface area contributed by atoms with E-state index in [1.54, 1.807) is 32.3 Å². The molecule has 92 valence electrons. The van der Waals surface area contributed by atoms with Crippen molar-refractivity contribution in [2.24, 2.45) is 0 Å². The molecule has 0 radical (unpaired) electrons. The Hall–Kier alpha value is -1.78. The third-order valence-electron chi connectivity index (χ3n) is 1.97. The highest BCUT2D eigenvalue weighted by molar-refractivity contribution is 6.23. The van der Waals surface area contributed by atoms with Crippen LogP contribution in [-0.2, 0) is 4.79 Å². The molecular weight excluding hydrogens is 231 g/mol. The van der Waals surface area contributed by atoms with Gasteiger partial charge in [0, 0.05) is 20.3 Å². The Labute approximate surface area is 97.3 Å². The Balaban J connectivity index is 3.20. The van der Waals surface area contributed by atoms with Gasteiger partial charge in [0.05, 0.1) is 5.57 Å². The largest absolute Gasteiger partial charge is 0.454 e. The van der Waals surface area contributed by atoms with Crippen LogP contribution in [0.15, 0.2) is 36.5 Å². The Morgan fingerprint density at radius 1 is 1.18 bits per heavy atom. The first-order chi connectivity index (χ1) is 7.82. The SMILES string of the molecule is CN(C)/C=C(/C(=O)C(F)(F)F)c1ccccc1. The molecule has 17 heavy (non-hydrogen) atoms. The first-order valence-electron chi connectivity index (χ1n) is 4.87. The lowest BCUT2D eigenvalue weighted by Gasteiger charge is -2.13. The van der Waals surface area contributed by atoms with Gasteiger partial charge in [0.15, 0.2) is 0 Å². The van der Waals surface area contributed by atoms with Crippen LogP contribution >= 0.6 is 0 Å². The Kier molecular flexibility index (Phi) is 3.93. The summed E-state index contributed by atoms with van der Waals surface area (Å²) in [6, 6.07) is 7.79. The summed E-state index contributed by atoms with van der Waals surface area (Å²) in [5.74, 6) is -1.84. The second kappa shape index (κ2) is 5.03. The molecule has 1 rings (SSSR count). The zero-order valence-electron chi connectivity index (χ0n) is 9.45. The molecule has 0 fully saturated rings. The number of halogens is 3. The van der Waals surface area contributed by atoms with Crippen molar-refractivity contribution >= 4 is 11.4 Å². The molecule has 0 N–H and O–H groups in total. The van der Waals surface area contributed by atoms with Gasteiger partial charge in [0.2, 0.25) is 0 Å². The number of carbonyl (C=O) groups is 1. The predicted octanol–water partition coefficient (Wildman–Crippen LogP) is 2.72. The lowest BCUT2D eigenvalue weighted by atomic mass is 10.0. The molecule has 0 amide bonds. The van der Waals surface area contributed by atoms with E-state index in [0.29, 0.717) is 0 Å². The minimum Gasteiger partial charge on any atom is -0.383 e.